The SMILES string of the molecule is CC(C)(C)OC(=O)NO[C@@H]1OC(CN=[N+]=[N-])[C@@H](O[C@@H]2OC3COC(c4ccccc4)O[C@@H]3C(O)C2O)C(O)C1O. The number of rotatable bonds is 7. The number of hydrogen-bond acceptors (Lipinski definition) is 13. The first kappa shape index (κ1) is 30.4. The molecule has 3 heterocycles. The quantitative estimate of drug-likeness (QED) is 0.128. The number of nitrogens with zero attached hydrogens (tertiary/aromatic N) is 3. The molecular weight excluding hydrogens is 536 g/mol. The van der Waals surface area contributed by atoms with E-state index < -0.39 is 79.4 Å². The van der Waals surface area contributed by atoms with Crippen LogP contribution in [-0.4, -0.2) is 107 Å². The molecule has 7 unspecified atom stereocenters. The lowest BCUT2D eigenvalue weighted by Gasteiger charge is -2.48. The van der Waals surface area contributed by atoms with E-state index in [1.807, 2.05) is 23.7 Å². The lowest BCUT2D eigenvalue weighted by molar-refractivity contribution is -0.385. The molecule has 16 heteroatoms. The van der Waals surface area contributed by atoms with Gasteiger partial charge in [0.2, 0.25) is 6.29 Å². The molecule has 222 valence electrons. The van der Waals surface area contributed by atoms with Crippen LogP contribution in [0.5, 0.6) is 0 Å². The van der Waals surface area contributed by atoms with Crippen molar-refractivity contribution >= 4 is 6.09 Å². The van der Waals surface area contributed by atoms with Crippen molar-refractivity contribution in [3.8, 4) is 0 Å². The second kappa shape index (κ2) is 12.9. The fourth-order valence-electron chi connectivity index (χ4n) is 4.46. The van der Waals surface area contributed by atoms with E-state index in [-0.39, 0.29) is 13.2 Å². The van der Waals surface area contributed by atoms with Gasteiger partial charge in [-0.25, -0.2) is 9.63 Å². The van der Waals surface area contributed by atoms with Crippen LogP contribution in [0.3, 0.4) is 0 Å². The maximum Gasteiger partial charge on any atom is 0.431 e. The number of azide groups is 1. The van der Waals surface area contributed by atoms with E-state index in [0.717, 1.165) is 5.56 Å². The van der Waals surface area contributed by atoms with E-state index in [2.05, 4.69) is 10.0 Å². The minimum Gasteiger partial charge on any atom is -0.442 e. The molecule has 0 saturated carbocycles. The van der Waals surface area contributed by atoms with Crippen molar-refractivity contribution in [3.05, 3.63) is 46.3 Å². The van der Waals surface area contributed by atoms with Gasteiger partial charge >= 0.3 is 6.09 Å². The van der Waals surface area contributed by atoms with Crippen molar-refractivity contribution in [1.29, 1.82) is 0 Å². The lowest BCUT2D eigenvalue weighted by atomic mass is 9.96. The molecule has 5 N–H and O–H groups in total. The van der Waals surface area contributed by atoms with Gasteiger partial charge in [0.1, 0.15) is 48.3 Å². The highest BCUT2D eigenvalue weighted by Crippen LogP contribution is 2.36. The highest BCUT2D eigenvalue weighted by Gasteiger charge is 2.53. The third kappa shape index (κ3) is 7.18. The number of aliphatic hydroxyl groups is 4. The summed E-state index contributed by atoms with van der Waals surface area (Å²) in [6, 6.07) is 9.04. The second-order valence-electron chi connectivity index (χ2n) is 10.5. The summed E-state index contributed by atoms with van der Waals surface area (Å²) in [6.07, 6.45) is -15.9. The Kier molecular flexibility index (Phi) is 9.81. The van der Waals surface area contributed by atoms with Gasteiger partial charge < -0.3 is 48.8 Å². The van der Waals surface area contributed by atoms with E-state index in [9.17, 15) is 25.2 Å². The fourth-order valence-corrected chi connectivity index (χ4v) is 4.46. The number of carbonyl (C=O) groups is 1. The molecule has 3 fully saturated rings. The van der Waals surface area contributed by atoms with Crippen LogP contribution in [0, 0.1) is 0 Å². The zero-order valence-corrected chi connectivity index (χ0v) is 22.0. The molecule has 0 spiro atoms. The molecule has 1 aromatic rings. The monoisotopic (exact) mass is 570 g/mol. The van der Waals surface area contributed by atoms with Crippen LogP contribution >= 0.6 is 0 Å². The first-order chi connectivity index (χ1) is 19.0. The van der Waals surface area contributed by atoms with Gasteiger partial charge in [0.05, 0.1) is 19.3 Å². The number of ether oxygens (including phenoxy) is 6. The molecule has 11 atom stereocenters. The van der Waals surface area contributed by atoms with Crippen LogP contribution in [0.2, 0.25) is 0 Å². The topological polar surface area (TPSA) is 223 Å². The summed E-state index contributed by atoms with van der Waals surface area (Å²) in [7, 11) is 0. The average Bonchev–Trinajstić information content (AvgIpc) is 2.92. The van der Waals surface area contributed by atoms with Crippen LogP contribution < -0.4 is 5.48 Å². The maximum atomic E-state index is 11.9. The minimum atomic E-state index is -1.77. The van der Waals surface area contributed by atoms with Crippen molar-refractivity contribution in [2.24, 2.45) is 5.11 Å². The molecule has 3 aliphatic heterocycles. The van der Waals surface area contributed by atoms with E-state index in [0.29, 0.717) is 0 Å². The standard InChI is InChI=1S/C24H34N4O12/c1-24(2,3)39-23(33)27-40-22-17(32)15(30)18(12(35-22)9-26-28-25)38-21-16(31)14(29)19-13(36-21)10-34-20(37-19)11-7-5-4-6-8-11/h4-8,12-22,29-32H,9-10H2,1-3H3,(H,27,33)/t12?,13?,14?,15?,16?,17?,18-,19+,20?,21+,22+/m1/s1. The normalized spacial score (nSPS) is 38.0. The van der Waals surface area contributed by atoms with Gasteiger partial charge in [-0.1, -0.05) is 35.4 Å². The summed E-state index contributed by atoms with van der Waals surface area (Å²) < 4.78 is 33.8. The number of amides is 1. The summed E-state index contributed by atoms with van der Waals surface area (Å²) in [5, 5.41) is 46.5. The minimum absolute atomic E-state index is 0.00534. The molecule has 0 aliphatic carbocycles. The predicted octanol–water partition coefficient (Wildman–Crippen LogP) is 0.146. The van der Waals surface area contributed by atoms with Crippen molar-refractivity contribution in [1.82, 2.24) is 5.48 Å². The smallest absolute Gasteiger partial charge is 0.431 e. The summed E-state index contributed by atoms with van der Waals surface area (Å²) in [4.78, 5) is 19.7. The average molecular weight is 571 g/mol. The molecule has 1 amide bonds. The number of fused-ring (bicyclic) bond motifs is 1. The molecule has 0 aromatic heterocycles. The Morgan fingerprint density at radius 2 is 1.75 bits per heavy atom. The molecule has 40 heavy (non-hydrogen) atoms. The van der Waals surface area contributed by atoms with E-state index >= 15 is 0 Å². The van der Waals surface area contributed by atoms with E-state index in [1.54, 1.807) is 32.9 Å². The molecule has 16 nitrogen and oxygen atoms in total. The van der Waals surface area contributed by atoms with Gasteiger partial charge in [0, 0.05) is 10.5 Å². The van der Waals surface area contributed by atoms with E-state index in [1.165, 1.54) is 0 Å². The van der Waals surface area contributed by atoms with Crippen molar-refractivity contribution in [2.75, 3.05) is 13.2 Å². The van der Waals surface area contributed by atoms with Gasteiger partial charge in [-0.3, -0.25) is 0 Å². The number of hydroxylamine groups is 1. The predicted molar refractivity (Wildman–Crippen MR) is 131 cm³/mol. The molecule has 0 radical (unpaired) electrons. The number of nitrogens with one attached hydrogen (secondary N) is 1. The van der Waals surface area contributed by atoms with Crippen LogP contribution in [0.25, 0.3) is 10.4 Å². The molecule has 1 aromatic carbocycles. The summed E-state index contributed by atoms with van der Waals surface area (Å²) in [5.41, 5.74) is 10.7. The maximum absolute atomic E-state index is 11.9. The van der Waals surface area contributed by atoms with Crippen LogP contribution in [0.15, 0.2) is 35.4 Å². The summed E-state index contributed by atoms with van der Waals surface area (Å²) in [6.45, 7) is 4.50. The van der Waals surface area contributed by atoms with Crippen LogP contribution in [0.1, 0.15) is 32.6 Å². The molecule has 3 saturated heterocycles. The highest BCUT2D eigenvalue weighted by atomic mass is 16.8. The van der Waals surface area contributed by atoms with Crippen LogP contribution in [-0.2, 0) is 33.3 Å². The Bertz CT molecular complexity index is 1040. The zero-order valence-electron chi connectivity index (χ0n) is 22.0. The van der Waals surface area contributed by atoms with Crippen molar-refractivity contribution in [2.45, 2.75) is 94.1 Å². The number of carbonyl (C=O) groups excluding carboxylic acids is 1. The lowest BCUT2D eigenvalue weighted by Crippen LogP contribution is -2.66. The van der Waals surface area contributed by atoms with Gasteiger partial charge in [-0.2, -0.15) is 5.48 Å². The molecule has 4 rings (SSSR count). The van der Waals surface area contributed by atoms with E-state index in [4.69, 9.17) is 38.8 Å². The first-order valence-electron chi connectivity index (χ1n) is 12.6. The molecule has 3 aliphatic rings. The Labute approximate surface area is 229 Å². The second-order valence-corrected chi connectivity index (χ2v) is 10.5. The Morgan fingerprint density at radius 3 is 2.42 bits per heavy atom. The number of aliphatic hydroxyl groups excluding tert-OH is 4. The fraction of sp³-hybridized carbons (Fsp3) is 0.708. The number of benzene rings is 1. The Hall–Kier alpha value is -2.60. The Balaban J connectivity index is 1.41. The number of hydrogen-bond donors (Lipinski definition) is 5. The van der Waals surface area contributed by atoms with Gasteiger partial charge in [-0.15, -0.1) is 0 Å². The molecular formula is C24H34N4O12. The first-order valence-corrected chi connectivity index (χ1v) is 12.6. The summed E-state index contributed by atoms with van der Waals surface area (Å²) >= 11 is 0. The van der Waals surface area contributed by atoms with Gasteiger partial charge in [-0.05, 0) is 26.3 Å². The van der Waals surface area contributed by atoms with Crippen LogP contribution in [0.4, 0.5) is 4.79 Å². The highest BCUT2D eigenvalue weighted by molar-refractivity contribution is 5.66. The van der Waals surface area contributed by atoms with Crippen molar-refractivity contribution < 1.29 is 58.5 Å². The van der Waals surface area contributed by atoms with Gasteiger partial charge in [0.25, 0.3) is 0 Å². The zero-order chi connectivity index (χ0) is 29.0. The largest absolute Gasteiger partial charge is 0.442 e. The molecule has 0 bridgehead atoms. The Morgan fingerprint density at radius 1 is 1.05 bits per heavy atom. The summed E-state index contributed by atoms with van der Waals surface area (Å²) in [5.74, 6) is 0. The van der Waals surface area contributed by atoms with Gasteiger partial charge in [0.15, 0.2) is 12.6 Å². The third-order valence-corrected chi connectivity index (χ3v) is 6.32. The van der Waals surface area contributed by atoms with Crippen molar-refractivity contribution in [3.63, 3.8) is 0 Å². The third-order valence-electron chi connectivity index (χ3n) is 6.32.